The van der Waals surface area contributed by atoms with Gasteiger partial charge in [-0.25, -0.2) is 0 Å². The lowest BCUT2D eigenvalue weighted by molar-refractivity contribution is 0.105. The zero-order valence-electron chi connectivity index (χ0n) is 18.0. The van der Waals surface area contributed by atoms with Gasteiger partial charge in [0, 0.05) is 22.3 Å². The lowest BCUT2D eigenvalue weighted by Gasteiger charge is -2.19. The number of carbonyl (C=O) groups excluding carboxylic acids is 1. The van der Waals surface area contributed by atoms with Crippen molar-refractivity contribution in [3.63, 3.8) is 0 Å². The van der Waals surface area contributed by atoms with Crippen LogP contribution >= 0.6 is 0 Å². The van der Waals surface area contributed by atoms with E-state index in [1.807, 2.05) is 13.0 Å². The maximum Gasteiger partial charge on any atom is 0.197 e. The van der Waals surface area contributed by atoms with Gasteiger partial charge in [-0.2, -0.15) is 0 Å². The van der Waals surface area contributed by atoms with Crippen molar-refractivity contribution in [1.29, 1.82) is 0 Å². The molecular formula is C26H29NO2. The van der Waals surface area contributed by atoms with E-state index in [4.69, 9.17) is 4.42 Å². The predicted molar refractivity (Wildman–Crippen MR) is 120 cm³/mol. The Hall–Kier alpha value is -2.65. The van der Waals surface area contributed by atoms with Gasteiger partial charge in [0.05, 0.1) is 12.1 Å². The first-order chi connectivity index (χ1) is 13.7. The Morgan fingerprint density at radius 3 is 2.52 bits per heavy atom. The number of hydrogen-bond acceptors (Lipinski definition) is 3. The predicted octanol–water partition coefficient (Wildman–Crippen LogP) is 6.45. The van der Waals surface area contributed by atoms with Gasteiger partial charge in [0.25, 0.3) is 0 Å². The number of aryl methyl sites for hydroxylation is 1. The molecule has 0 saturated heterocycles. The van der Waals surface area contributed by atoms with E-state index >= 15 is 0 Å². The molecule has 3 heteroatoms. The maximum absolute atomic E-state index is 13.2. The number of fused-ring (bicyclic) bond motifs is 5. The Labute approximate surface area is 172 Å². The minimum atomic E-state index is -0.0244. The third-order valence-electron chi connectivity index (χ3n) is 5.91. The summed E-state index contributed by atoms with van der Waals surface area (Å²) in [5.41, 5.74) is 5.49. The van der Waals surface area contributed by atoms with Crippen molar-refractivity contribution >= 4 is 22.1 Å². The van der Waals surface area contributed by atoms with E-state index < -0.39 is 0 Å². The van der Waals surface area contributed by atoms with Crippen molar-refractivity contribution < 1.29 is 9.21 Å². The van der Waals surface area contributed by atoms with Gasteiger partial charge in [-0.1, -0.05) is 51.6 Å². The molecule has 4 rings (SSSR count). The van der Waals surface area contributed by atoms with Crippen LogP contribution in [0.2, 0.25) is 0 Å². The lowest BCUT2D eigenvalue weighted by Crippen LogP contribution is -2.20. The Balaban J connectivity index is 1.76. The van der Waals surface area contributed by atoms with Crippen LogP contribution in [0, 0.1) is 19.3 Å². The Morgan fingerprint density at radius 2 is 1.79 bits per heavy atom. The summed E-state index contributed by atoms with van der Waals surface area (Å²) >= 11 is 0. The summed E-state index contributed by atoms with van der Waals surface area (Å²) in [5.74, 6) is 1.50. The smallest absolute Gasteiger partial charge is 0.197 e. The second-order valence-electron chi connectivity index (χ2n) is 9.31. The van der Waals surface area contributed by atoms with Crippen LogP contribution in [0.4, 0.5) is 0 Å². The van der Waals surface area contributed by atoms with Crippen LogP contribution < -0.4 is 5.32 Å². The number of Topliss-reactive ketones (excluding diaryl/α,β-unsaturated/α-hetero) is 1. The summed E-state index contributed by atoms with van der Waals surface area (Å²) in [6, 6.07) is 10.4. The van der Waals surface area contributed by atoms with Crippen LogP contribution in [0.1, 0.15) is 60.0 Å². The fourth-order valence-electron chi connectivity index (χ4n) is 4.15. The number of nitrogens with one attached hydrogen (secondary N) is 1. The van der Waals surface area contributed by atoms with Gasteiger partial charge in [0.15, 0.2) is 5.78 Å². The van der Waals surface area contributed by atoms with E-state index in [1.165, 1.54) is 5.56 Å². The largest absolute Gasteiger partial charge is 0.459 e. The SMILES string of the molecule is C=C1C(=O)c2c(oc(CNCCC(C)(C)C)c2C)-c2ccc3c(C)cccc3c21. The zero-order chi connectivity index (χ0) is 20.9. The van der Waals surface area contributed by atoms with Gasteiger partial charge in [0.2, 0.25) is 0 Å². The number of furan rings is 1. The maximum atomic E-state index is 13.2. The van der Waals surface area contributed by atoms with Crippen LogP contribution in [0.3, 0.4) is 0 Å². The lowest BCUT2D eigenvalue weighted by atomic mass is 9.81. The fourth-order valence-corrected chi connectivity index (χ4v) is 4.15. The van der Waals surface area contributed by atoms with E-state index in [1.54, 1.807) is 0 Å². The quantitative estimate of drug-likeness (QED) is 0.413. The summed E-state index contributed by atoms with van der Waals surface area (Å²) in [7, 11) is 0. The average Bonchev–Trinajstić information content (AvgIpc) is 2.99. The second kappa shape index (κ2) is 7.00. The van der Waals surface area contributed by atoms with Crippen molar-refractivity contribution in [3.8, 4) is 11.3 Å². The van der Waals surface area contributed by atoms with Crippen LogP contribution in [0.25, 0.3) is 27.7 Å². The van der Waals surface area contributed by atoms with E-state index in [0.29, 0.717) is 23.4 Å². The van der Waals surface area contributed by atoms with Gasteiger partial charge >= 0.3 is 0 Å². The van der Waals surface area contributed by atoms with Crippen LogP contribution in [-0.4, -0.2) is 12.3 Å². The van der Waals surface area contributed by atoms with Crippen LogP contribution in [0.5, 0.6) is 0 Å². The number of rotatable bonds is 4. The molecule has 0 spiro atoms. The Kier molecular flexibility index (Phi) is 4.74. The molecule has 3 nitrogen and oxygen atoms in total. The molecular weight excluding hydrogens is 358 g/mol. The molecule has 2 aromatic carbocycles. The van der Waals surface area contributed by atoms with Crippen molar-refractivity contribution in [2.24, 2.45) is 5.41 Å². The third kappa shape index (κ3) is 3.34. The molecule has 3 aromatic rings. The number of benzene rings is 2. The Bertz CT molecular complexity index is 1140. The minimum Gasteiger partial charge on any atom is -0.459 e. The standard InChI is InChI=1S/C26H29NO2/c1-15-8-7-9-19-18(15)10-11-20-22(19)17(3)24(28)23-16(2)21(29-25(20)23)14-27-13-12-26(4,5)6/h7-11,27H,3,12-14H2,1-2,4-6H3. The molecule has 150 valence electrons. The van der Waals surface area contributed by atoms with Gasteiger partial charge < -0.3 is 9.73 Å². The summed E-state index contributed by atoms with van der Waals surface area (Å²) in [4.78, 5) is 13.2. The first-order valence-electron chi connectivity index (χ1n) is 10.3. The minimum absolute atomic E-state index is 0.0244. The normalized spacial score (nSPS) is 13.7. The first-order valence-corrected chi connectivity index (χ1v) is 10.3. The first kappa shape index (κ1) is 19.7. The summed E-state index contributed by atoms with van der Waals surface area (Å²) in [5, 5.41) is 5.68. The molecule has 0 fully saturated rings. The van der Waals surface area contributed by atoms with Crippen LogP contribution in [0.15, 0.2) is 41.3 Å². The highest BCUT2D eigenvalue weighted by molar-refractivity contribution is 6.36. The number of ketones is 1. The van der Waals surface area contributed by atoms with Crippen LogP contribution in [-0.2, 0) is 6.54 Å². The second-order valence-corrected chi connectivity index (χ2v) is 9.31. The van der Waals surface area contributed by atoms with Gasteiger partial charge in [-0.05, 0) is 54.6 Å². The molecule has 0 unspecified atom stereocenters. The average molecular weight is 388 g/mol. The summed E-state index contributed by atoms with van der Waals surface area (Å²) < 4.78 is 6.27. The summed E-state index contributed by atoms with van der Waals surface area (Å²) in [6.07, 6.45) is 1.08. The van der Waals surface area contributed by atoms with Crippen molar-refractivity contribution in [3.05, 3.63) is 64.9 Å². The number of carbonyl (C=O) groups is 1. The fraction of sp³-hybridized carbons (Fsp3) is 0.346. The molecule has 0 saturated carbocycles. The molecule has 1 aromatic heterocycles. The molecule has 1 N–H and O–H groups in total. The van der Waals surface area contributed by atoms with Gasteiger partial charge in [0.1, 0.15) is 11.5 Å². The van der Waals surface area contributed by atoms with E-state index in [-0.39, 0.29) is 11.2 Å². The molecule has 1 aliphatic carbocycles. The molecule has 1 aliphatic rings. The number of hydrogen-bond donors (Lipinski definition) is 1. The third-order valence-corrected chi connectivity index (χ3v) is 5.91. The molecule has 29 heavy (non-hydrogen) atoms. The highest BCUT2D eigenvalue weighted by atomic mass is 16.3. The Morgan fingerprint density at radius 1 is 1.03 bits per heavy atom. The van der Waals surface area contributed by atoms with Crippen molar-refractivity contribution in [2.45, 2.75) is 47.6 Å². The summed E-state index contributed by atoms with van der Waals surface area (Å²) in [6.45, 7) is 16.5. The highest BCUT2D eigenvalue weighted by Gasteiger charge is 2.33. The van der Waals surface area contributed by atoms with Gasteiger partial charge in [-0.3, -0.25) is 4.79 Å². The number of allylic oxidation sites excluding steroid dienone is 1. The molecule has 0 radical (unpaired) electrons. The van der Waals surface area contributed by atoms with E-state index in [2.05, 4.69) is 63.9 Å². The van der Waals surface area contributed by atoms with E-state index in [0.717, 1.165) is 46.2 Å². The van der Waals surface area contributed by atoms with E-state index in [9.17, 15) is 4.79 Å². The molecule has 1 heterocycles. The molecule has 0 atom stereocenters. The molecule has 0 bridgehead atoms. The zero-order valence-corrected chi connectivity index (χ0v) is 18.0. The monoisotopic (exact) mass is 387 g/mol. The topological polar surface area (TPSA) is 42.2 Å². The molecule has 0 amide bonds. The van der Waals surface area contributed by atoms with Crippen molar-refractivity contribution in [1.82, 2.24) is 5.32 Å². The van der Waals surface area contributed by atoms with Crippen molar-refractivity contribution in [2.75, 3.05) is 6.54 Å². The highest BCUT2D eigenvalue weighted by Crippen LogP contribution is 2.45. The molecule has 0 aliphatic heterocycles. The van der Waals surface area contributed by atoms with Gasteiger partial charge in [-0.15, -0.1) is 0 Å².